The molecule has 16 heavy (non-hydrogen) atoms. The van der Waals surface area contributed by atoms with Gasteiger partial charge in [0.15, 0.2) is 5.78 Å². The topological polar surface area (TPSA) is 41.1 Å². The highest BCUT2D eigenvalue weighted by Gasteiger charge is 2.14. The lowest BCUT2D eigenvalue weighted by Gasteiger charge is -2.23. The molecule has 5 heteroatoms. The van der Waals surface area contributed by atoms with Crippen molar-refractivity contribution in [1.29, 1.82) is 0 Å². The average Bonchev–Trinajstić information content (AvgIpc) is 2.81. The molecule has 90 valence electrons. The summed E-state index contributed by atoms with van der Waals surface area (Å²) in [6.07, 6.45) is 2.37. The molecule has 0 bridgehead atoms. The van der Waals surface area contributed by atoms with Crippen molar-refractivity contribution in [3.05, 3.63) is 22.4 Å². The fraction of sp³-hybridized carbons (Fsp3) is 0.545. The van der Waals surface area contributed by atoms with Gasteiger partial charge in [0.05, 0.1) is 11.4 Å². The van der Waals surface area contributed by atoms with E-state index in [2.05, 4.69) is 10.6 Å². The van der Waals surface area contributed by atoms with Crippen molar-refractivity contribution < 1.29 is 4.79 Å². The fourth-order valence-corrected chi connectivity index (χ4v) is 2.45. The molecule has 0 aromatic carbocycles. The molecule has 2 N–H and O–H groups in total. The van der Waals surface area contributed by atoms with Crippen LogP contribution in [0.15, 0.2) is 17.5 Å². The monoisotopic (exact) mass is 260 g/mol. The van der Waals surface area contributed by atoms with E-state index in [0.717, 1.165) is 18.0 Å². The molecule has 1 saturated heterocycles. The van der Waals surface area contributed by atoms with Gasteiger partial charge in [0, 0.05) is 12.6 Å². The van der Waals surface area contributed by atoms with Crippen LogP contribution in [0, 0.1) is 0 Å². The van der Waals surface area contributed by atoms with Gasteiger partial charge in [-0.05, 0) is 30.8 Å². The van der Waals surface area contributed by atoms with Gasteiger partial charge in [-0.25, -0.2) is 0 Å². The van der Waals surface area contributed by atoms with Crippen LogP contribution in [-0.2, 0) is 0 Å². The largest absolute Gasteiger partial charge is 0.315 e. The van der Waals surface area contributed by atoms with E-state index in [9.17, 15) is 4.79 Å². The second-order valence-electron chi connectivity index (χ2n) is 3.82. The quantitative estimate of drug-likeness (QED) is 0.810. The maximum atomic E-state index is 11.7. The number of piperidine rings is 1. The number of carbonyl (C=O) groups excluding carboxylic acids is 1. The lowest BCUT2D eigenvalue weighted by atomic mass is 10.1. The van der Waals surface area contributed by atoms with Gasteiger partial charge in [-0.3, -0.25) is 4.79 Å². The SMILES string of the molecule is Cl.O=C(CN[C@H]1CCCNC1)c1cccs1. The Balaban J connectivity index is 0.00000128. The van der Waals surface area contributed by atoms with Gasteiger partial charge < -0.3 is 10.6 Å². The number of nitrogens with one attached hydrogen (secondary N) is 2. The maximum absolute atomic E-state index is 11.7. The summed E-state index contributed by atoms with van der Waals surface area (Å²) in [7, 11) is 0. The molecule has 1 aromatic rings. The molecule has 1 aliphatic heterocycles. The molecule has 1 aromatic heterocycles. The first-order chi connectivity index (χ1) is 7.36. The molecule has 2 heterocycles. The molecule has 0 radical (unpaired) electrons. The molecule has 1 atom stereocenters. The summed E-state index contributed by atoms with van der Waals surface area (Å²) in [5.74, 6) is 0.204. The van der Waals surface area contributed by atoms with Crippen LogP contribution in [0.4, 0.5) is 0 Å². The predicted octanol–water partition coefficient (Wildman–Crippen LogP) is 1.69. The molecular weight excluding hydrogens is 244 g/mol. The van der Waals surface area contributed by atoms with Crippen LogP contribution in [0.1, 0.15) is 22.5 Å². The van der Waals surface area contributed by atoms with E-state index in [-0.39, 0.29) is 18.2 Å². The van der Waals surface area contributed by atoms with E-state index in [1.54, 1.807) is 0 Å². The molecule has 0 aliphatic carbocycles. The van der Waals surface area contributed by atoms with Crippen molar-refractivity contribution in [2.75, 3.05) is 19.6 Å². The van der Waals surface area contributed by atoms with Crippen LogP contribution in [0.2, 0.25) is 0 Å². The number of carbonyl (C=O) groups is 1. The third-order valence-corrected chi connectivity index (χ3v) is 3.56. The zero-order valence-corrected chi connectivity index (χ0v) is 10.7. The van der Waals surface area contributed by atoms with Crippen molar-refractivity contribution in [2.24, 2.45) is 0 Å². The number of ketones is 1. The Labute approximate surface area is 106 Å². The van der Waals surface area contributed by atoms with Gasteiger partial charge in [-0.1, -0.05) is 6.07 Å². The molecule has 1 aliphatic rings. The molecular formula is C11H17ClN2OS. The highest BCUT2D eigenvalue weighted by molar-refractivity contribution is 7.12. The number of thiophene rings is 1. The van der Waals surface area contributed by atoms with Crippen molar-refractivity contribution in [3.63, 3.8) is 0 Å². The molecule has 3 nitrogen and oxygen atoms in total. The lowest BCUT2D eigenvalue weighted by Crippen LogP contribution is -2.44. The van der Waals surface area contributed by atoms with Crippen molar-refractivity contribution in [1.82, 2.24) is 10.6 Å². The normalized spacial score (nSPS) is 20.1. The first kappa shape index (κ1) is 13.6. The molecule has 0 spiro atoms. The van der Waals surface area contributed by atoms with E-state index in [4.69, 9.17) is 0 Å². The second-order valence-corrected chi connectivity index (χ2v) is 4.77. The molecule has 1 fully saturated rings. The number of rotatable bonds is 4. The number of Topliss-reactive ketones (excluding diaryl/α,β-unsaturated/α-hetero) is 1. The second kappa shape index (κ2) is 7.01. The fourth-order valence-electron chi connectivity index (χ4n) is 1.79. The van der Waals surface area contributed by atoms with Crippen molar-refractivity contribution in [3.8, 4) is 0 Å². The minimum absolute atomic E-state index is 0. The Morgan fingerprint density at radius 2 is 2.50 bits per heavy atom. The van der Waals surface area contributed by atoms with Crippen LogP contribution >= 0.6 is 23.7 Å². The van der Waals surface area contributed by atoms with Crippen LogP contribution in [0.3, 0.4) is 0 Å². The zero-order chi connectivity index (χ0) is 10.5. The summed E-state index contributed by atoms with van der Waals surface area (Å²) < 4.78 is 0. The van der Waals surface area contributed by atoms with Gasteiger partial charge in [0.25, 0.3) is 0 Å². The van der Waals surface area contributed by atoms with Gasteiger partial charge >= 0.3 is 0 Å². The van der Waals surface area contributed by atoms with Gasteiger partial charge in [0.2, 0.25) is 0 Å². The summed E-state index contributed by atoms with van der Waals surface area (Å²) in [5, 5.41) is 8.57. The van der Waals surface area contributed by atoms with Crippen LogP contribution in [-0.4, -0.2) is 31.5 Å². The zero-order valence-electron chi connectivity index (χ0n) is 9.07. The highest BCUT2D eigenvalue weighted by atomic mass is 35.5. The lowest BCUT2D eigenvalue weighted by molar-refractivity contribution is 0.0989. The molecule has 0 amide bonds. The third-order valence-electron chi connectivity index (χ3n) is 2.64. The standard InChI is InChI=1S/C11H16N2OS.ClH/c14-10(11-4-2-6-15-11)8-13-9-3-1-5-12-7-9;/h2,4,6,9,12-13H,1,3,5,7-8H2;1H/t9-;/m0./s1. The summed E-state index contributed by atoms with van der Waals surface area (Å²) in [5.41, 5.74) is 0. The molecule has 0 unspecified atom stereocenters. The van der Waals surface area contributed by atoms with E-state index in [0.29, 0.717) is 12.6 Å². The number of halogens is 1. The summed E-state index contributed by atoms with van der Waals surface area (Å²) in [6.45, 7) is 2.56. The molecule has 2 rings (SSSR count). The first-order valence-electron chi connectivity index (χ1n) is 5.37. The number of hydrogen-bond donors (Lipinski definition) is 2. The Kier molecular flexibility index (Phi) is 5.98. The van der Waals surface area contributed by atoms with E-state index in [1.807, 2.05) is 17.5 Å². The van der Waals surface area contributed by atoms with Crippen molar-refractivity contribution >= 4 is 29.5 Å². The van der Waals surface area contributed by atoms with Gasteiger partial charge in [0.1, 0.15) is 0 Å². The third kappa shape index (κ3) is 3.87. The van der Waals surface area contributed by atoms with E-state index in [1.165, 1.54) is 24.2 Å². The smallest absolute Gasteiger partial charge is 0.186 e. The van der Waals surface area contributed by atoms with Crippen LogP contribution < -0.4 is 10.6 Å². The van der Waals surface area contributed by atoms with Crippen LogP contribution in [0.25, 0.3) is 0 Å². The van der Waals surface area contributed by atoms with E-state index >= 15 is 0 Å². The van der Waals surface area contributed by atoms with Crippen molar-refractivity contribution in [2.45, 2.75) is 18.9 Å². The molecule has 0 saturated carbocycles. The van der Waals surface area contributed by atoms with Crippen LogP contribution in [0.5, 0.6) is 0 Å². The summed E-state index contributed by atoms with van der Waals surface area (Å²) >= 11 is 1.51. The van der Waals surface area contributed by atoms with Gasteiger partial charge in [-0.2, -0.15) is 0 Å². The first-order valence-corrected chi connectivity index (χ1v) is 6.25. The average molecular weight is 261 g/mol. The highest BCUT2D eigenvalue weighted by Crippen LogP contribution is 2.09. The summed E-state index contributed by atoms with van der Waals surface area (Å²) in [6, 6.07) is 4.26. The Morgan fingerprint density at radius 1 is 1.62 bits per heavy atom. The number of hydrogen-bond acceptors (Lipinski definition) is 4. The minimum atomic E-state index is 0. The summed E-state index contributed by atoms with van der Waals surface area (Å²) in [4.78, 5) is 12.5. The Morgan fingerprint density at radius 3 is 3.12 bits per heavy atom. The minimum Gasteiger partial charge on any atom is -0.315 e. The Bertz CT molecular complexity index is 310. The predicted molar refractivity (Wildman–Crippen MR) is 69.8 cm³/mol. The van der Waals surface area contributed by atoms with E-state index < -0.39 is 0 Å². The Hall–Kier alpha value is -0.420. The maximum Gasteiger partial charge on any atom is 0.186 e. The van der Waals surface area contributed by atoms with Gasteiger partial charge in [-0.15, -0.1) is 23.7 Å².